The van der Waals surface area contributed by atoms with E-state index in [2.05, 4.69) is 37.7 Å². The number of hydrogen-bond donors (Lipinski definition) is 5. The Labute approximate surface area is 208 Å². The fraction of sp³-hybridized carbons (Fsp3) is 0.500. The molecule has 12 heteroatoms. The van der Waals surface area contributed by atoms with Crippen molar-refractivity contribution in [1.29, 1.82) is 0 Å². The van der Waals surface area contributed by atoms with Crippen molar-refractivity contribution in [3.05, 3.63) is 48.5 Å². The standard InChI is InChI=1S/C24H32N8O4/c1-31(9-5-8-26-24(35)30-16-10-15(16)14-6-3-2-4-7-14)11-17-19(33)20(34)23(36-17)32-13-29-18-21(25)27-12-28-22(18)32/h2-4,6-7,12-13,15-17,19-20,23,33-34H,5,8-11H2,1H3,(H2,25,27,28)(H2,26,30,35)/t15-,16+,17+,19+,20+,23+/m0/s1. The Bertz CT molecular complexity index is 1190. The number of hydrogen-bond acceptors (Lipinski definition) is 9. The number of ether oxygens (including phenoxy) is 1. The van der Waals surface area contributed by atoms with Crippen LogP contribution in [0.3, 0.4) is 0 Å². The lowest BCUT2D eigenvalue weighted by molar-refractivity contribution is -0.0421. The average Bonchev–Trinajstić information content (AvgIpc) is 3.41. The summed E-state index contributed by atoms with van der Waals surface area (Å²) in [6.45, 7) is 1.62. The third-order valence-corrected chi connectivity index (χ3v) is 6.83. The molecule has 2 fully saturated rings. The number of carbonyl (C=O) groups excluding carboxylic acids is 1. The van der Waals surface area contributed by atoms with Gasteiger partial charge in [-0.1, -0.05) is 30.3 Å². The molecule has 1 aliphatic carbocycles. The number of aliphatic hydroxyl groups excluding tert-OH is 2. The average molecular weight is 497 g/mol. The lowest BCUT2D eigenvalue weighted by atomic mass is 10.1. The molecule has 6 N–H and O–H groups in total. The smallest absolute Gasteiger partial charge is 0.315 e. The fourth-order valence-corrected chi connectivity index (χ4v) is 4.76. The molecule has 3 aromatic rings. The molecular weight excluding hydrogens is 464 g/mol. The molecule has 2 aromatic heterocycles. The highest BCUT2D eigenvalue weighted by molar-refractivity contribution is 5.81. The molecule has 1 saturated carbocycles. The molecule has 0 radical (unpaired) electrons. The number of urea groups is 1. The Balaban J connectivity index is 1.04. The van der Waals surface area contributed by atoms with E-state index >= 15 is 0 Å². The number of likely N-dealkylation sites (N-methyl/N-ethyl adjacent to an activating group) is 1. The van der Waals surface area contributed by atoms with Crippen LogP contribution in [0.15, 0.2) is 43.0 Å². The van der Waals surface area contributed by atoms with Gasteiger partial charge in [0.15, 0.2) is 17.7 Å². The first-order chi connectivity index (χ1) is 17.4. The van der Waals surface area contributed by atoms with Gasteiger partial charge in [-0.25, -0.2) is 19.7 Å². The van der Waals surface area contributed by atoms with E-state index in [-0.39, 0.29) is 17.9 Å². The summed E-state index contributed by atoms with van der Waals surface area (Å²) >= 11 is 0. The number of rotatable bonds is 9. The van der Waals surface area contributed by atoms with Crippen LogP contribution in [0.4, 0.5) is 10.6 Å². The van der Waals surface area contributed by atoms with Crippen LogP contribution in [0, 0.1) is 0 Å². The van der Waals surface area contributed by atoms with Gasteiger partial charge >= 0.3 is 6.03 Å². The van der Waals surface area contributed by atoms with E-state index in [0.717, 1.165) is 12.8 Å². The van der Waals surface area contributed by atoms with E-state index < -0.39 is 24.5 Å². The van der Waals surface area contributed by atoms with Gasteiger partial charge in [0.2, 0.25) is 0 Å². The Hall–Kier alpha value is -3.32. The Morgan fingerprint density at radius 2 is 2.03 bits per heavy atom. The lowest BCUT2D eigenvalue weighted by Gasteiger charge is -2.22. The first kappa shape index (κ1) is 24.4. The van der Waals surface area contributed by atoms with Crippen LogP contribution in [0.2, 0.25) is 0 Å². The maximum absolute atomic E-state index is 12.2. The molecule has 1 aromatic carbocycles. The van der Waals surface area contributed by atoms with Crippen molar-refractivity contribution in [2.45, 2.75) is 49.3 Å². The number of aliphatic hydroxyl groups is 2. The van der Waals surface area contributed by atoms with E-state index in [4.69, 9.17) is 10.5 Å². The summed E-state index contributed by atoms with van der Waals surface area (Å²) in [5.74, 6) is 0.628. The minimum Gasteiger partial charge on any atom is -0.387 e. The zero-order valence-corrected chi connectivity index (χ0v) is 20.1. The fourth-order valence-electron chi connectivity index (χ4n) is 4.76. The van der Waals surface area contributed by atoms with Crippen LogP contribution < -0.4 is 16.4 Å². The molecule has 6 atom stereocenters. The largest absolute Gasteiger partial charge is 0.387 e. The van der Waals surface area contributed by atoms with Crippen LogP contribution in [0.1, 0.15) is 30.6 Å². The molecule has 12 nitrogen and oxygen atoms in total. The molecule has 1 aliphatic heterocycles. The maximum Gasteiger partial charge on any atom is 0.315 e. The van der Waals surface area contributed by atoms with Gasteiger partial charge in [0.25, 0.3) is 0 Å². The number of benzene rings is 1. The number of nitrogens with zero attached hydrogens (tertiary/aromatic N) is 5. The number of aromatic nitrogens is 4. The zero-order valence-electron chi connectivity index (χ0n) is 20.1. The van der Waals surface area contributed by atoms with E-state index in [1.165, 1.54) is 18.2 Å². The van der Waals surface area contributed by atoms with Crippen molar-refractivity contribution in [2.24, 2.45) is 0 Å². The van der Waals surface area contributed by atoms with Gasteiger partial charge in [-0.15, -0.1) is 0 Å². The SMILES string of the molecule is CN(CCCNC(=O)N[C@@H]1C[C@H]1c1ccccc1)C[C@H]1O[C@@H](n2cnc3c(N)ncnc32)[C@H](O)[C@@H]1O. The highest BCUT2D eigenvalue weighted by Gasteiger charge is 2.44. The first-order valence-corrected chi connectivity index (χ1v) is 12.1. The predicted molar refractivity (Wildman–Crippen MR) is 132 cm³/mol. The minimum atomic E-state index is -1.15. The normalized spacial score (nSPS) is 27.4. The maximum atomic E-state index is 12.2. The van der Waals surface area contributed by atoms with Crippen molar-refractivity contribution < 1.29 is 19.7 Å². The number of carbonyl (C=O) groups is 1. The van der Waals surface area contributed by atoms with Crippen LogP contribution in [0.5, 0.6) is 0 Å². The number of anilines is 1. The molecule has 0 spiro atoms. The Kier molecular flexibility index (Phi) is 7.01. The molecule has 2 aliphatic rings. The van der Waals surface area contributed by atoms with Gasteiger partial charge in [0.1, 0.15) is 30.2 Å². The number of nitrogens with two attached hydrogens (primary N) is 1. The lowest BCUT2D eigenvalue weighted by Crippen LogP contribution is -2.40. The van der Waals surface area contributed by atoms with Crippen LogP contribution in [-0.4, -0.2) is 91.7 Å². The van der Waals surface area contributed by atoms with E-state index in [9.17, 15) is 15.0 Å². The number of imidazole rings is 1. The van der Waals surface area contributed by atoms with E-state index in [0.29, 0.717) is 36.7 Å². The Morgan fingerprint density at radius 1 is 1.22 bits per heavy atom. The van der Waals surface area contributed by atoms with Gasteiger partial charge in [0, 0.05) is 25.0 Å². The number of amides is 2. The summed E-state index contributed by atoms with van der Waals surface area (Å²) in [4.78, 5) is 26.5. The minimum absolute atomic E-state index is 0.154. The van der Waals surface area contributed by atoms with Crippen molar-refractivity contribution in [1.82, 2.24) is 35.1 Å². The topological polar surface area (TPSA) is 164 Å². The second-order valence-corrected chi connectivity index (χ2v) is 9.50. The van der Waals surface area contributed by atoms with Crippen molar-refractivity contribution in [3.63, 3.8) is 0 Å². The van der Waals surface area contributed by atoms with Gasteiger partial charge < -0.3 is 36.2 Å². The Morgan fingerprint density at radius 3 is 2.83 bits per heavy atom. The second-order valence-electron chi connectivity index (χ2n) is 9.50. The molecule has 1 saturated heterocycles. The highest BCUT2D eigenvalue weighted by atomic mass is 16.6. The summed E-state index contributed by atoms with van der Waals surface area (Å²) in [6.07, 6.45) is 0.818. The summed E-state index contributed by atoms with van der Waals surface area (Å²) in [5.41, 5.74) is 7.94. The van der Waals surface area contributed by atoms with Crippen LogP contribution in [0.25, 0.3) is 11.2 Å². The van der Waals surface area contributed by atoms with Gasteiger partial charge in [-0.2, -0.15) is 0 Å². The molecule has 5 rings (SSSR count). The van der Waals surface area contributed by atoms with Gasteiger partial charge in [-0.3, -0.25) is 4.57 Å². The number of nitrogen functional groups attached to an aromatic ring is 1. The number of fused-ring (bicyclic) bond motifs is 1. The molecule has 36 heavy (non-hydrogen) atoms. The summed E-state index contributed by atoms with van der Waals surface area (Å²) in [5, 5.41) is 27.1. The van der Waals surface area contributed by atoms with E-state index in [1.54, 1.807) is 4.57 Å². The quantitative estimate of drug-likeness (QED) is 0.260. The van der Waals surface area contributed by atoms with Gasteiger partial charge in [-0.05, 0) is 32.0 Å². The zero-order chi connectivity index (χ0) is 25.2. The first-order valence-electron chi connectivity index (χ1n) is 12.1. The van der Waals surface area contributed by atoms with Crippen LogP contribution >= 0.6 is 0 Å². The highest BCUT2D eigenvalue weighted by Crippen LogP contribution is 2.40. The molecular formula is C24H32N8O4. The van der Waals surface area contributed by atoms with Crippen LogP contribution in [-0.2, 0) is 4.74 Å². The van der Waals surface area contributed by atoms with Gasteiger partial charge in [0.05, 0.1) is 6.33 Å². The molecule has 3 heterocycles. The van der Waals surface area contributed by atoms with Crippen molar-refractivity contribution in [3.8, 4) is 0 Å². The molecule has 2 amide bonds. The molecule has 0 bridgehead atoms. The summed E-state index contributed by atoms with van der Waals surface area (Å²) in [6, 6.07) is 10.2. The molecule has 0 unspecified atom stereocenters. The third kappa shape index (κ3) is 5.12. The van der Waals surface area contributed by atoms with Crippen molar-refractivity contribution >= 4 is 23.0 Å². The monoisotopic (exact) mass is 496 g/mol. The predicted octanol–water partition coefficient (Wildman–Crippen LogP) is 0.205. The number of nitrogens with one attached hydrogen (secondary N) is 2. The van der Waals surface area contributed by atoms with Crippen molar-refractivity contribution in [2.75, 3.05) is 32.4 Å². The summed E-state index contributed by atoms with van der Waals surface area (Å²) < 4.78 is 7.55. The van der Waals surface area contributed by atoms with E-state index in [1.807, 2.05) is 30.1 Å². The third-order valence-electron chi connectivity index (χ3n) is 6.83. The summed E-state index contributed by atoms with van der Waals surface area (Å²) in [7, 11) is 1.91. The second kappa shape index (κ2) is 10.3. The molecule has 192 valence electrons.